The van der Waals surface area contributed by atoms with E-state index in [4.69, 9.17) is 4.74 Å². The molecule has 1 heterocycles. The third kappa shape index (κ3) is 8.04. The Morgan fingerprint density at radius 2 is 1.71 bits per heavy atom. The summed E-state index contributed by atoms with van der Waals surface area (Å²) in [6.07, 6.45) is 2.26. The van der Waals surface area contributed by atoms with Crippen molar-refractivity contribution in [3.05, 3.63) is 0 Å². The van der Waals surface area contributed by atoms with E-state index in [-0.39, 0.29) is 24.0 Å². The lowest BCUT2D eigenvalue weighted by atomic mass is 10.1. The Balaban J connectivity index is 2.58. The molecule has 1 fully saturated rings. The van der Waals surface area contributed by atoms with Crippen LogP contribution < -0.4 is 0 Å². The number of methoxy groups -OCH3 is 1. The van der Waals surface area contributed by atoms with Crippen molar-refractivity contribution in [3.8, 4) is 0 Å². The normalized spacial score (nSPS) is 16.4. The van der Waals surface area contributed by atoms with Crippen molar-refractivity contribution >= 4 is 18.0 Å². The Morgan fingerprint density at radius 1 is 1.11 bits per heavy atom. The number of carbonyl (C=O) groups is 3. The van der Waals surface area contributed by atoms with E-state index >= 15 is 0 Å². The minimum Gasteiger partial charge on any atom is -0.469 e. The highest BCUT2D eigenvalue weighted by molar-refractivity contribution is 5.81. The van der Waals surface area contributed by atoms with Gasteiger partial charge >= 0.3 is 12.1 Å². The maximum atomic E-state index is 12.9. The van der Waals surface area contributed by atoms with Crippen molar-refractivity contribution in [2.75, 3.05) is 46.9 Å². The zero-order valence-electron chi connectivity index (χ0n) is 18.3. The maximum Gasteiger partial charge on any atom is 0.410 e. The molecule has 0 aliphatic carbocycles. The molecule has 0 spiro atoms. The lowest BCUT2D eigenvalue weighted by molar-refractivity contribution is -0.142. The summed E-state index contributed by atoms with van der Waals surface area (Å²) in [5, 5.41) is 0. The van der Waals surface area contributed by atoms with Crippen LogP contribution in [-0.4, -0.2) is 91.2 Å². The van der Waals surface area contributed by atoms with E-state index in [9.17, 15) is 14.4 Å². The highest BCUT2D eigenvalue weighted by Gasteiger charge is 2.32. The monoisotopic (exact) mass is 399 g/mol. The van der Waals surface area contributed by atoms with Crippen LogP contribution in [0.15, 0.2) is 0 Å². The van der Waals surface area contributed by atoms with E-state index in [0.29, 0.717) is 45.6 Å². The molecule has 0 N–H and O–H groups in total. The van der Waals surface area contributed by atoms with Gasteiger partial charge in [0.25, 0.3) is 0 Å². The predicted octanol–water partition coefficient (Wildman–Crippen LogP) is 2.12. The first-order chi connectivity index (χ1) is 13.1. The Morgan fingerprint density at radius 3 is 2.21 bits per heavy atom. The van der Waals surface area contributed by atoms with Gasteiger partial charge in [0.15, 0.2) is 0 Å². The SMILES string of the molecule is CCC[C@H](C(=O)N(C)CCCC(=O)OC)N1CCN(C(=O)OC(C)(C)C)CC1. The summed E-state index contributed by atoms with van der Waals surface area (Å²) in [4.78, 5) is 42.0. The van der Waals surface area contributed by atoms with Gasteiger partial charge in [-0.25, -0.2) is 4.79 Å². The Bertz CT molecular complexity index is 524. The summed E-state index contributed by atoms with van der Waals surface area (Å²) in [6, 6.07) is -0.200. The van der Waals surface area contributed by atoms with E-state index < -0.39 is 5.60 Å². The average Bonchev–Trinajstić information content (AvgIpc) is 2.64. The van der Waals surface area contributed by atoms with E-state index in [2.05, 4.69) is 16.6 Å². The fourth-order valence-electron chi connectivity index (χ4n) is 3.21. The first-order valence-corrected chi connectivity index (χ1v) is 10.1. The van der Waals surface area contributed by atoms with Gasteiger partial charge in [0.1, 0.15) is 5.60 Å². The van der Waals surface area contributed by atoms with Crippen LogP contribution in [0.2, 0.25) is 0 Å². The number of ether oxygens (including phenoxy) is 2. The van der Waals surface area contributed by atoms with Crippen LogP contribution in [0.5, 0.6) is 0 Å². The van der Waals surface area contributed by atoms with Crippen molar-refractivity contribution in [1.82, 2.24) is 14.7 Å². The second-order valence-electron chi connectivity index (χ2n) is 8.25. The minimum absolute atomic E-state index is 0.0671. The van der Waals surface area contributed by atoms with E-state index in [1.54, 1.807) is 16.8 Å². The Labute approximate surface area is 169 Å². The molecule has 1 saturated heterocycles. The van der Waals surface area contributed by atoms with Gasteiger partial charge in [0, 0.05) is 46.2 Å². The van der Waals surface area contributed by atoms with E-state index in [1.807, 2.05) is 20.8 Å². The van der Waals surface area contributed by atoms with Crippen LogP contribution in [-0.2, 0) is 19.1 Å². The van der Waals surface area contributed by atoms with Gasteiger partial charge in [0.05, 0.1) is 13.2 Å². The molecule has 162 valence electrons. The maximum absolute atomic E-state index is 12.9. The molecule has 8 heteroatoms. The van der Waals surface area contributed by atoms with Gasteiger partial charge < -0.3 is 19.3 Å². The lowest BCUT2D eigenvalue weighted by Gasteiger charge is -2.40. The third-order valence-corrected chi connectivity index (χ3v) is 4.73. The topological polar surface area (TPSA) is 79.4 Å². The standard InChI is InChI=1S/C20H37N3O5/c1-7-9-16(18(25)21(5)11-8-10-17(24)27-6)22-12-14-23(15-13-22)19(26)28-20(2,3)4/h16H,7-15H2,1-6H3/t16-/m1/s1. The number of likely N-dealkylation sites (N-methyl/N-ethyl adjacent to an activating group) is 1. The van der Waals surface area contributed by atoms with Crippen LogP contribution in [0.3, 0.4) is 0 Å². The van der Waals surface area contributed by atoms with Gasteiger partial charge in [-0.2, -0.15) is 0 Å². The number of hydrogen-bond acceptors (Lipinski definition) is 6. The molecule has 0 radical (unpaired) electrons. The quantitative estimate of drug-likeness (QED) is 0.582. The van der Waals surface area contributed by atoms with Crippen molar-refractivity contribution in [2.45, 2.75) is 65.0 Å². The second-order valence-corrected chi connectivity index (χ2v) is 8.25. The molecule has 1 rings (SSSR count). The number of amides is 2. The van der Waals surface area contributed by atoms with Gasteiger partial charge in [-0.15, -0.1) is 0 Å². The molecule has 0 unspecified atom stereocenters. The first kappa shape index (κ1) is 24.2. The molecule has 1 atom stereocenters. The van der Waals surface area contributed by atoms with Gasteiger partial charge in [-0.1, -0.05) is 13.3 Å². The fourth-order valence-corrected chi connectivity index (χ4v) is 3.21. The predicted molar refractivity (Wildman–Crippen MR) is 107 cm³/mol. The van der Waals surface area contributed by atoms with Crippen LogP contribution in [0.1, 0.15) is 53.4 Å². The largest absolute Gasteiger partial charge is 0.469 e. The molecule has 0 saturated carbocycles. The molecule has 1 aliphatic heterocycles. The molecular weight excluding hydrogens is 362 g/mol. The van der Waals surface area contributed by atoms with Crippen molar-refractivity contribution in [1.29, 1.82) is 0 Å². The number of carbonyl (C=O) groups excluding carboxylic acids is 3. The van der Waals surface area contributed by atoms with Crippen LogP contribution in [0, 0.1) is 0 Å². The summed E-state index contributed by atoms with van der Waals surface area (Å²) in [5.41, 5.74) is -0.512. The summed E-state index contributed by atoms with van der Waals surface area (Å²) < 4.78 is 10.1. The molecule has 0 aromatic carbocycles. The summed E-state index contributed by atoms with van der Waals surface area (Å²) >= 11 is 0. The number of nitrogens with zero attached hydrogens (tertiary/aromatic N) is 3. The number of esters is 1. The van der Waals surface area contributed by atoms with Crippen molar-refractivity contribution < 1.29 is 23.9 Å². The molecule has 8 nitrogen and oxygen atoms in total. The fraction of sp³-hybridized carbons (Fsp3) is 0.850. The number of hydrogen-bond donors (Lipinski definition) is 0. The highest BCUT2D eigenvalue weighted by atomic mass is 16.6. The zero-order chi connectivity index (χ0) is 21.3. The summed E-state index contributed by atoms with van der Waals surface area (Å²) in [5.74, 6) is -0.193. The number of rotatable bonds is 8. The van der Waals surface area contributed by atoms with E-state index in [0.717, 1.165) is 12.8 Å². The summed E-state index contributed by atoms with van der Waals surface area (Å²) in [6.45, 7) is 10.5. The molecule has 1 aliphatic rings. The highest BCUT2D eigenvalue weighted by Crippen LogP contribution is 2.16. The van der Waals surface area contributed by atoms with Gasteiger partial charge in [0.2, 0.25) is 5.91 Å². The third-order valence-electron chi connectivity index (χ3n) is 4.73. The molecule has 2 amide bonds. The van der Waals surface area contributed by atoms with Crippen LogP contribution in [0.25, 0.3) is 0 Å². The minimum atomic E-state index is -0.512. The van der Waals surface area contributed by atoms with E-state index in [1.165, 1.54) is 7.11 Å². The molecule has 28 heavy (non-hydrogen) atoms. The van der Waals surface area contributed by atoms with Crippen molar-refractivity contribution in [3.63, 3.8) is 0 Å². The zero-order valence-corrected chi connectivity index (χ0v) is 18.3. The first-order valence-electron chi connectivity index (χ1n) is 10.1. The Hall–Kier alpha value is -1.83. The Kier molecular flexibility index (Phi) is 9.72. The van der Waals surface area contributed by atoms with Crippen LogP contribution >= 0.6 is 0 Å². The molecule has 0 aromatic heterocycles. The molecule has 0 aromatic rings. The summed E-state index contributed by atoms with van der Waals surface area (Å²) in [7, 11) is 3.14. The van der Waals surface area contributed by atoms with Crippen LogP contribution in [0.4, 0.5) is 4.79 Å². The lowest BCUT2D eigenvalue weighted by Crippen LogP contribution is -2.56. The smallest absolute Gasteiger partial charge is 0.410 e. The van der Waals surface area contributed by atoms with Crippen molar-refractivity contribution in [2.24, 2.45) is 0 Å². The second kappa shape index (κ2) is 11.2. The van der Waals surface area contributed by atoms with Gasteiger partial charge in [-0.05, 0) is 33.6 Å². The molecular formula is C20H37N3O5. The number of piperazine rings is 1. The molecule has 0 bridgehead atoms. The average molecular weight is 400 g/mol. The van der Waals surface area contributed by atoms with Gasteiger partial charge in [-0.3, -0.25) is 14.5 Å².